The summed E-state index contributed by atoms with van der Waals surface area (Å²) in [6, 6.07) is 4.31. The summed E-state index contributed by atoms with van der Waals surface area (Å²) in [4.78, 5) is 11.3. The number of allylic oxidation sites excluding steroid dienone is 1. The molecule has 0 amide bonds. The number of carbonyl (C=O) groups is 1. The molecule has 7 heteroatoms. The number of azo groups is 1. The summed E-state index contributed by atoms with van der Waals surface area (Å²) in [5.41, 5.74) is -0.254. The van der Waals surface area contributed by atoms with Gasteiger partial charge in [-0.1, -0.05) is 0 Å². The summed E-state index contributed by atoms with van der Waals surface area (Å²) >= 11 is 2.00. The van der Waals surface area contributed by atoms with E-state index in [-0.39, 0.29) is 23.8 Å². The third kappa shape index (κ3) is 4.67. The second kappa shape index (κ2) is 7.29. The van der Waals surface area contributed by atoms with Crippen molar-refractivity contribution in [1.82, 2.24) is 0 Å². The maximum absolute atomic E-state index is 13.4. The largest absolute Gasteiger partial charge is 0.507 e. The Morgan fingerprint density at radius 2 is 2.21 bits per heavy atom. The lowest BCUT2D eigenvalue weighted by atomic mass is 10.3. The molecule has 0 bridgehead atoms. The fourth-order valence-corrected chi connectivity index (χ4v) is 1.68. The molecule has 1 aromatic rings. The van der Waals surface area contributed by atoms with Crippen molar-refractivity contribution in [2.24, 2.45) is 10.2 Å². The first-order chi connectivity index (χ1) is 8.95. The van der Waals surface area contributed by atoms with Crippen LogP contribution >= 0.6 is 22.6 Å². The lowest BCUT2D eigenvalue weighted by molar-refractivity contribution is -0.113. The van der Waals surface area contributed by atoms with E-state index in [1.165, 1.54) is 26.2 Å². The van der Waals surface area contributed by atoms with Gasteiger partial charge in [-0.15, -0.1) is 10.2 Å². The average molecular weight is 378 g/mol. The quantitative estimate of drug-likeness (QED) is 0.369. The van der Waals surface area contributed by atoms with Gasteiger partial charge in [-0.25, -0.2) is 4.39 Å². The summed E-state index contributed by atoms with van der Waals surface area (Å²) in [5, 5.41) is 16.8. The number of hydrogen-bond donors (Lipinski definition) is 1. The van der Waals surface area contributed by atoms with E-state index < -0.39 is 11.6 Å². The molecule has 0 spiro atoms. The molecule has 19 heavy (non-hydrogen) atoms. The second-order valence-electron chi connectivity index (χ2n) is 3.58. The van der Waals surface area contributed by atoms with Crippen LogP contribution in [-0.2, 0) is 9.53 Å². The molecule has 0 saturated heterocycles. The number of rotatable bonds is 5. The Labute approximate surface area is 123 Å². The van der Waals surface area contributed by atoms with Crippen molar-refractivity contribution in [1.29, 1.82) is 0 Å². The number of benzene rings is 1. The highest BCUT2D eigenvalue weighted by atomic mass is 127. The van der Waals surface area contributed by atoms with Crippen LogP contribution in [0.3, 0.4) is 0 Å². The number of ether oxygens (including phenoxy) is 1. The Hall–Kier alpha value is -1.35. The van der Waals surface area contributed by atoms with E-state index in [1.807, 2.05) is 22.6 Å². The van der Waals surface area contributed by atoms with Crippen LogP contribution < -0.4 is 0 Å². The number of carbonyl (C=O) groups excluding carboxylic acids is 1. The van der Waals surface area contributed by atoms with Crippen molar-refractivity contribution in [2.75, 3.05) is 13.7 Å². The molecule has 0 atom stereocenters. The molecule has 1 rings (SSSR count). The summed E-state index contributed by atoms with van der Waals surface area (Å²) in [5.74, 6) is -1.38. The van der Waals surface area contributed by atoms with E-state index in [2.05, 4.69) is 10.2 Å². The molecule has 0 aliphatic heterocycles. The first-order valence-electron chi connectivity index (χ1n) is 5.24. The van der Waals surface area contributed by atoms with Crippen LogP contribution in [-0.4, -0.2) is 24.6 Å². The van der Waals surface area contributed by atoms with Gasteiger partial charge in [-0.3, -0.25) is 4.79 Å². The van der Waals surface area contributed by atoms with E-state index in [4.69, 9.17) is 4.74 Å². The zero-order valence-electron chi connectivity index (χ0n) is 10.4. The normalized spacial score (nSPS) is 12.6. The molecule has 0 heterocycles. The minimum absolute atomic E-state index is 0.00383. The topological polar surface area (TPSA) is 71.2 Å². The fraction of sp³-hybridized carbons (Fsp3) is 0.250. The van der Waals surface area contributed by atoms with E-state index in [0.29, 0.717) is 0 Å². The van der Waals surface area contributed by atoms with Crippen molar-refractivity contribution >= 4 is 34.1 Å². The minimum atomic E-state index is -0.557. The maximum Gasteiger partial charge on any atom is 0.183 e. The Balaban J connectivity index is 3.09. The van der Waals surface area contributed by atoms with Gasteiger partial charge in [0.25, 0.3) is 0 Å². The highest BCUT2D eigenvalue weighted by Gasteiger charge is 2.11. The van der Waals surface area contributed by atoms with Crippen molar-refractivity contribution in [3.05, 3.63) is 39.0 Å². The molecular weight excluding hydrogens is 366 g/mol. The third-order valence-electron chi connectivity index (χ3n) is 2.05. The van der Waals surface area contributed by atoms with Crippen molar-refractivity contribution < 1.29 is 19.0 Å². The highest BCUT2D eigenvalue weighted by molar-refractivity contribution is 14.1. The van der Waals surface area contributed by atoms with Gasteiger partial charge in [0.1, 0.15) is 18.1 Å². The number of ketones is 1. The van der Waals surface area contributed by atoms with E-state index in [0.717, 1.165) is 3.57 Å². The number of aliphatic hydroxyl groups excluding tert-OH is 1. The van der Waals surface area contributed by atoms with Crippen molar-refractivity contribution in [3.63, 3.8) is 0 Å². The van der Waals surface area contributed by atoms with Gasteiger partial charge in [0.05, 0.1) is 0 Å². The van der Waals surface area contributed by atoms with Gasteiger partial charge in [0.15, 0.2) is 17.3 Å². The van der Waals surface area contributed by atoms with Gasteiger partial charge in [-0.2, -0.15) is 0 Å². The molecule has 0 aromatic heterocycles. The summed E-state index contributed by atoms with van der Waals surface area (Å²) in [6.07, 6.45) is 0. The molecule has 0 fully saturated rings. The molecule has 102 valence electrons. The smallest absolute Gasteiger partial charge is 0.183 e. The molecule has 0 aliphatic rings. The molecule has 0 aliphatic carbocycles. The van der Waals surface area contributed by atoms with Gasteiger partial charge < -0.3 is 9.84 Å². The minimum Gasteiger partial charge on any atom is -0.507 e. The number of halogens is 2. The molecule has 1 aromatic carbocycles. The molecule has 0 unspecified atom stereocenters. The number of Topliss-reactive ketones (excluding diaryl/α,β-unsaturated/α-hetero) is 1. The number of methoxy groups -OCH3 is 1. The molecule has 5 nitrogen and oxygen atoms in total. The van der Waals surface area contributed by atoms with Gasteiger partial charge in [-0.05, 0) is 40.8 Å². The molecule has 0 radical (unpaired) electrons. The third-order valence-corrected chi connectivity index (χ3v) is 2.72. The predicted molar refractivity (Wildman–Crippen MR) is 75.8 cm³/mol. The van der Waals surface area contributed by atoms with Crippen LogP contribution in [0.15, 0.2) is 39.9 Å². The average Bonchev–Trinajstić information content (AvgIpc) is 2.33. The van der Waals surface area contributed by atoms with Crippen molar-refractivity contribution in [2.45, 2.75) is 6.92 Å². The van der Waals surface area contributed by atoms with E-state index >= 15 is 0 Å². The van der Waals surface area contributed by atoms with E-state index in [1.54, 1.807) is 6.07 Å². The lowest BCUT2D eigenvalue weighted by Crippen LogP contribution is -2.03. The molecular formula is C12H12FIN2O3. The standard InChI is InChI=1S/C12H12FIN2O3/c1-7(17)12(11(18)6-19-2)16-15-10-5-8(14)3-4-9(10)13/h3-5,18H,6H2,1-2H3. The number of aliphatic hydroxyl groups is 1. The fourth-order valence-electron chi connectivity index (χ4n) is 1.20. The van der Waals surface area contributed by atoms with Crippen LogP contribution in [0.5, 0.6) is 0 Å². The SMILES string of the molecule is COCC(O)=C(N=Nc1cc(I)ccc1F)C(C)=O. The van der Waals surface area contributed by atoms with E-state index in [9.17, 15) is 14.3 Å². The van der Waals surface area contributed by atoms with Crippen LogP contribution in [0.4, 0.5) is 10.1 Å². The number of nitrogens with zero attached hydrogens (tertiary/aromatic N) is 2. The summed E-state index contributed by atoms with van der Waals surface area (Å²) < 4.78 is 18.9. The Bertz CT molecular complexity index is 544. The van der Waals surface area contributed by atoms with Gasteiger partial charge in [0, 0.05) is 17.6 Å². The second-order valence-corrected chi connectivity index (χ2v) is 4.83. The zero-order chi connectivity index (χ0) is 14.4. The predicted octanol–water partition coefficient (Wildman–Crippen LogP) is 3.52. The van der Waals surface area contributed by atoms with Crippen LogP contribution in [0, 0.1) is 9.39 Å². The van der Waals surface area contributed by atoms with Crippen LogP contribution in [0.1, 0.15) is 6.92 Å². The number of hydrogen-bond acceptors (Lipinski definition) is 5. The van der Waals surface area contributed by atoms with Crippen LogP contribution in [0.2, 0.25) is 0 Å². The van der Waals surface area contributed by atoms with Crippen LogP contribution in [0.25, 0.3) is 0 Å². The maximum atomic E-state index is 13.4. The summed E-state index contributed by atoms with van der Waals surface area (Å²) in [7, 11) is 1.37. The highest BCUT2D eigenvalue weighted by Crippen LogP contribution is 2.22. The summed E-state index contributed by atoms with van der Waals surface area (Å²) in [6.45, 7) is 1.06. The Morgan fingerprint density at radius 3 is 2.79 bits per heavy atom. The first kappa shape index (κ1) is 15.7. The first-order valence-corrected chi connectivity index (χ1v) is 6.32. The van der Waals surface area contributed by atoms with Gasteiger partial charge in [0.2, 0.25) is 0 Å². The Morgan fingerprint density at radius 1 is 1.53 bits per heavy atom. The Kier molecular flexibility index (Phi) is 6.03. The monoisotopic (exact) mass is 378 g/mol. The van der Waals surface area contributed by atoms with Crippen molar-refractivity contribution in [3.8, 4) is 0 Å². The van der Waals surface area contributed by atoms with Gasteiger partial charge >= 0.3 is 0 Å². The molecule has 0 saturated carbocycles. The molecule has 1 N–H and O–H groups in total. The lowest BCUT2D eigenvalue weighted by Gasteiger charge is -2.02. The zero-order valence-corrected chi connectivity index (χ0v) is 12.5.